The van der Waals surface area contributed by atoms with Crippen molar-refractivity contribution in [3.8, 4) is 0 Å². The molecule has 0 atom stereocenters. The second-order valence-corrected chi connectivity index (χ2v) is 9.08. The van der Waals surface area contributed by atoms with Crippen LogP contribution in [0.1, 0.15) is 45.0 Å². The number of carbonyl (C=O) groups is 2. The van der Waals surface area contributed by atoms with Gasteiger partial charge in [-0.25, -0.2) is 4.98 Å². The molecule has 2 aromatic rings. The van der Waals surface area contributed by atoms with Gasteiger partial charge < -0.3 is 19.3 Å². The summed E-state index contributed by atoms with van der Waals surface area (Å²) in [6.45, 7) is 13.3. The Morgan fingerprint density at radius 3 is 2.56 bits per heavy atom. The number of hydrogen-bond acceptors (Lipinski definition) is 4. The normalized spacial score (nSPS) is 16.0. The van der Waals surface area contributed by atoms with Crippen molar-refractivity contribution in [1.82, 2.24) is 19.4 Å². The number of aromatic nitrogens is 2. The van der Waals surface area contributed by atoms with Crippen molar-refractivity contribution < 1.29 is 9.59 Å². The van der Waals surface area contributed by atoms with Gasteiger partial charge in [0.2, 0.25) is 11.8 Å². The first-order valence-electron chi connectivity index (χ1n) is 11.7. The Kier molecular flexibility index (Phi) is 8.45. The van der Waals surface area contributed by atoms with Gasteiger partial charge in [0.05, 0.1) is 0 Å². The highest BCUT2D eigenvalue weighted by Gasteiger charge is 2.22. The minimum absolute atomic E-state index is 0.0422. The molecular formula is C25H37N5O2. The van der Waals surface area contributed by atoms with Crippen LogP contribution in [-0.4, -0.2) is 63.9 Å². The lowest BCUT2D eigenvalue weighted by Crippen LogP contribution is -2.40. The van der Waals surface area contributed by atoms with E-state index < -0.39 is 0 Å². The van der Waals surface area contributed by atoms with E-state index in [2.05, 4.69) is 23.7 Å². The maximum Gasteiger partial charge on any atom is 0.224 e. The first-order chi connectivity index (χ1) is 15.3. The van der Waals surface area contributed by atoms with Crippen LogP contribution in [0, 0.1) is 12.8 Å². The minimum Gasteiger partial charge on any atom is -0.337 e. The Morgan fingerprint density at radius 2 is 1.88 bits per heavy atom. The fourth-order valence-electron chi connectivity index (χ4n) is 4.39. The van der Waals surface area contributed by atoms with Crippen molar-refractivity contribution in [3.63, 3.8) is 0 Å². The zero-order valence-electron chi connectivity index (χ0n) is 20.0. The molecule has 1 aliphatic rings. The summed E-state index contributed by atoms with van der Waals surface area (Å²) in [5, 5.41) is 0. The van der Waals surface area contributed by atoms with Crippen molar-refractivity contribution in [2.24, 2.45) is 5.92 Å². The number of rotatable bonds is 5. The van der Waals surface area contributed by atoms with E-state index in [1.165, 1.54) is 0 Å². The molecule has 0 N–H and O–H groups in total. The van der Waals surface area contributed by atoms with Gasteiger partial charge in [0.15, 0.2) is 0 Å². The average molecular weight is 440 g/mol. The van der Waals surface area contributed by atoms with E-state index in [0.29, 0.717) is 38.5 Å². The summed E-state index contributed by atoms with van der Waals surface area (Å²) in [7, 11) is 0. The second-order valence-electron chi connectivity index (χ2n) is 9.08. The number of benzene rings is 1. The van der Waals surface area contributed by atoms with E-state index in [9.17, 15) is 9.59 Å². The topological polar surface area (TPSA) is 61.7 Å². The molecule has 0 aliphatic carbocycles. The summed E-state index contributed by atoms with van der Waals surface area (Å²) >= 11 is 0. The molecule has 0 bridgehead atoms. The van der Waals surface area contributed by atoms with Gasteiger partial charge in [-0.1, -0.05) is 32.0 Å². The van der Waals surface area contributed by atoms with E-state index in [4.69, 9.17) is 0 Å². The molecule has 0 fully saturated rings. The fraction of sp³-hybridized carbons (Fsp3) is 0.560. The molecule has 0 radical (unpaired) electrons. The van der Waals surface area contributed by atoms with Crippen molar-refractivity contribution in [2.75, 3.05) is 37.6 Å². The van der Waals surface area contributed by atoms with Crippen LogP contribution < -0.4 is 4.90 Å². The third kappa shape index (κ3) is 6.42. The van der Waals surface area contributed by atoms with E-state index in [1.54, 1.807) is 13.1 Å². The standard InChI is InChI=1S/C25H37N5O2/c1-20(2)18-27-12-7-13-30(22(4)31)24-9-6-5-8-23(24)19-29(17-16-27)25(32)10-14-28-15-11-26-21(28)3/h5-6,8-9,11,15,20H,7,10,12-14,16-19H2,1-4H3. The second kappa shape index (κ2) is 11.3. The maximum absolute atomic E-state index is 13.3. The molecule has 7 heteroatoms. The number of fused-ring (bicyclic) bond motifs is 1. The molecule has 174 valence electrons. The first-order valence-corrected chi connectivity index (χ1v) is 11.7. The van der Waals surface area contributed by atoms with Crippen LogP contribution in [-0.2, 0) is 22.7 Å². The van der Waals surface area contributed by atoms with Crippen LogP contribution in [0.15, 0.2) is 36.7 Å². The van der Waals surface area contributed by atoms with Crippen molar-refractivity contribution in [1.29, 1.82) is 0 Å². The Balaban J connectivity index is 1.84. The fourth-order valence-corrected chi connectivity index (χ4v) is 4.39. The monoisotopic (exact) mass is 439 g/mol. The van der Waals surface area contributed by atoms with E-state index in [0.717, 1.165) is 43.1 Å². The molecule has 0 unspecified atom stereocenters. The van der Waals surface area contributed by atoms with Gasteiger partial charge >= 0.3 is 0 Å². The van der Waals surface area contributed by atoms with Gasteiger partial charge in [-0.15, -0.1) is 0 Å². The van der Waals surface area contributed by atoms with Crippen LogP contribution in [0.2, 0.25) is 0 Å². The molecule has 2 heterocycles. The van der Waals surface area contributed by atoms with E-state index in [1.807, 2.05) is 51.8 Å². The quantitative estimate of drug-likeness (QED) is 0.717. The number of aryl methyl sites for hydroxylation is 2. The summed E-state index contributed by atoms with van der Waals surface area (Å²) in [5.74, 6) is 1.64. The van der Waals surface area contributed by atoms with Gasteiger partial charge in [0.25, 0.3) is 0 Å². The third-order valence-corrected chi connectivity index (χ3v) is 6.03. The number of imidazole rings is 1. The van der Waals surface area contributed by atoms with E-state index >= 15 is 0 Å². The first kappa shape index (κ1) is 24.0. The number of para-hydroxylation sites is 1. The van der Waals surface area contributed by atoms with E-state index in [-0.39, 0.29) is 11.8 Å². The third-order valence-electron chi connectivity index (χ3n) is 6.03. The zero-order valence-corrected chi connectivity index (χ0v) is 20.0. The van der Waals surface area contributed by atoms with Crippen LogP contribution in [0.4, 0.5) is 5.69 Å². The number of amides is 2. The van der Waals surface area contributed by atoms with Crippen molar-refractivity contribution >= 4 is 17.5 Å². The smallest absolute Gasteiger partial charge is 0.224 e. The maximum atomic E-state index is 13.3. The van der Waals surface area contributed by atoms with Gasteiger partial charge in [-0.2, -0.15) is 0 Å². The Morgan fingerprint density at radius 1 is 1.09 bits per heavy atom. The molecule has 0 spiro atoms. The highest BCUT2D eigenvalue weighted by molar-refractivity contribution is 5.92. The Labute approximate surface area is 192 Å². The molecular weight excluding hydrogens is 402 g/mol. The summed E-state index contributed by atoms with van der Waals surface area (Å²) in [5.41, 5.74) is 1.94. The molecule has 32 heavy (non-hydrogen) atoms. The van der Waals surface area contributed by atoms with Crippen molar-refractivity contribution in [2.45, 2.75) is 53.6 Å². The SMILES string of the molecule is CC(=O)N1CCCN(CC(C)C)CCN(C(=O)CCn2ccnc2C)Cc2ccccc21. The predicted octanol–water partition coefficient (Wildman–Crippen LogP) is 3.33. The number of hydrogen-bond donors (Lipinski definition) is 0. The lowest BCUT2D eigenvalue weighted by atomic mass is 10.1. The van der Waals surface area contributed by atoms with Crippen LogP contribution in [0.25, 0.3) is 0 Å². The summed E-state index contributed by atoms with van der Waals surface area (Å²) in [4.78, 5) is 36.3. The lowest BCUT2D eigenvalue weighted by Gasteiger charge is -2.29. The molecule has 1 aromatic heterocycles. The van der Waals surface area contributed by atoms with Crippen molar-refractivity contribution in [3.05, 3.63) is 48.0 Å². The number of anilines is 1. The minimum atomic E-state index is 0.0422. The van der Waals surface area contributed by atoms with Gasteiger partial charge in [0.1, 0.15) is 5.82 Å². The largest absolute Gasteiger partial charge is 0.337 e. The molecule has 2 amide bonds. The molecule has 0 saturated heterocycles. The molecule has 7 nitrogen and oxygen atoms in total. The van der Waals surface area contributed by atoms with Gasteiger partial charge in [-0.05, 0) is 37.4 Å². The summed E-state index contributed by atoms with van der Waals surface area (Å²) in [6, 6.07) is 7.99. The van der Waals surface area contributed by atoms with Gasteiger partial charge in [-0.3, -0.25) is 9.59 Å². The average Bonchev–Trinajstić information content (AvgIpc) is 3.15. The molecule has 1 aliphatic heterocycles. The molecule has 3 rings (SSSR count). The Bertz CT molecular complexity index is 907. The highest BCUT2D eigenvalue weighted by Crippen LogP contribution is 2.24. The van der Waals surface area contributed by atoms with Crippen LogP contribution in [0.5, 0.6) is 0 Å². The number of nitrogens with zero attached hydrogens (tertiary/aromatic N) is 5. The number of carbonyl (C=O) groups excluding carboxylic acids is 2. The van der Waals surface area contributed by atoms with Crippen LogP contribution in [0.3, 0.4) is 0 Å². The van der Waals surface area contributed by atoms with Crippen LogP contribution >= 0.6 is 0 Å². The predicted molar refractivity (Wildman–Crippen MR) is 127 cm³/mol. The van der Waals surface area contributed by atoms with Gasteiger partial charge in [0, 0.05) is 70.7 Å². The lowest BCUT2D eigenvalue weighted by molar-refractivity contribution is -0.132. The highest BCUT2D eigenvalue weighted by atomic mass is 16.2. The summed E-state index contributed by atoms with van der Waals surface area (Å²) in [6.07, 6.45) is 5.03. The molecule has 0 saturated carbocycles. The molecule has 1 aromatic carbocycles. The summed E-state index contributed by atoms with van der Waals surface area (Å²) < 4.78 is 2.01. The zero-order chi connectivity index (χ0) is 23.1. The Hall–Kier alpha value is -2.67.